The van der Waals surface area contributed by atoms with Crippen molar-refractivity contribution in [2.75, 3.05) is 0 Å². The number of hydrogen-bond acceptors (Lipinski definition) is 2. The highest BCUT2D eigenvalue weighted by molar-refractivity contribution is 5.48. The molecule has 1 aromatic carbocycles. The van der Waals surface area contributed by atoms with Crippen LogP contribution in [0.25, 0.3) is 0 Å². The lowest BCUT2D eigenvalue weighted by molar-refractivity contribution is -0.0648. The van der Waals surface area contributed by atoms with Gasteiger partial charge in [0, 0.05) is 11.0 Å². The van der Waals surface area contributed by atoms with Crippen LogP contribution in [0.3, 0.4) is 0 Å². The second-order valence-electron chi connectivity index (χ2n) is 8.21. The van der Waals surface area contributed by atoms with Crippen LogP contribution >= 0.6 is 0 Å². The highest BCUT2D eigenvalue weighted by Gasteiger charge is 2.61. The third-order valence-corrected chi connectivity index (χ3v) is 7.49. The third kappa shape index (κ3) is 1.81. The van der Waals surface area contributed by atoms with Crippen LogP contribution in [0.1, 0.15) is 61.6 Å². The third-order valence-electron chi connectivity index (χ3n) is 7.49. The quantitative estimate of drug-likeness (QED) is 0.713. The SMILES string of the molecule is C#C[C@@]1(O)CC[C@@H]2[C@H]3CCc4c(C)ccc(O)c4[C@@H]3CC[C@]21C. The van der Waals surface area contributed by atoms with Gasteiger partial charge in [-0.1, -0.05) is 18.9 Å². The van der Waals surface area contributed by atoms with Crippen LogP contribution in [0, 0.1) is 36.5 Å². The Balaban J connectivity index is 1.77. The van der Waals surface area contributed by atoms with Crippen LogP contribution in [0.15, 0.2) is 12.1 Å². The molecule has 0 saturated heterocycles. The van der Waals surface area contributed by atoms with Gasteiger partial charge in [-0.15, -0.1) is 6.42 Å². The van der Waals surface area contributed by atoms with Crippen molar-refractivity contribution in [1.82, 2.24) is 0 Å². The number of aryl methyl sites for hydroxylation is 1. The molecular formula is C21H26O2. The summed E-state index contributed by atoms with van der Waals surface area (Å²) in [6, 6.07) is 3.89. The molecule has 3 aliphatic carbocycles. The molecule has 5 atom stereocenters. The Morgan fingerprint density at radius 1 is 1.22 bits per heavy atom. The van der Waals surface area contributed by atoms with Crippen molar-refractivity contribution in [3.63, 3.8) is 0 Å². The molecule has 4 rings (SSSR count). The van der Waals surface area contributed by atoms with Crippen molar-refractivity contribution in [3.05, 3.63) is 28.8 Å². The maximum Gasteiger partial charge on any atom is 0.130 e. The predicted molar refractivity (Wildman–Crippen MR) is 91.2 cm³/mol. The summed E-state index contributed by atoms with van der Waals surface area (Å²) in [5, 5.41) is 21.4. The van der Waals surface area contributed by atoms with Gasteiger partial charge in [0.1, 0.15) is 11.4 Å². The Morgan fingerprint density at radius 3 is 2.74 bits per heavy atom. The molecule has 2 fully saturated rings. The number of aromatic hydroxyl groups is 1. The lowest BCUT2D eigenvalue weighted by atomic mass is 9.53. The van der Waals surface area contributed by atoms with E-state index in [2.05, 4.69) is 19.8 Å². The van der Waals surface area contributed by atoms with Crippen molar-refractivity contribution in [3.8, 4) is 18.1 Å². The molecule has 0 aromatic heterocycles. The molecule has 0 bridgehead atoms. The molecule has 2 nitrogen and oxygen atoms in total. The molecule has 0 amide bonds. The van der Waals surface area contributed by atoms with E-state index in [-0.39, 0.29) is 5.41 Å². The van der Waals surface area contributed by atoms with E-state index in [0.29, 0.717) is 23.5 Å². The molecule has 0 radical (unpaired) electrons. The number of benzene rings is 1. The first kappa shape index (κ1) is 15.1. The normalized spacial score (nSPS) is 41.6. The smallest absolute Gasteiger partial charge is 0.130 e. The molecule has 23 heavy (non-hydrogen) atoms. The first-order valence-electron chi connectivity index (χ1n) is 8.93. The van der Waals surface area contributed by atoms with Gasteiger partial charge in [-0.25, -0.2) is 0 Å². The highest BCUT2D eigenvalue weighted by atomic mass is 16.3. The minimum absolute atomic E-state index is 0.167. The van der Waals surface area contributed by atoms with E-state index >= 15 is 0 Å². The van der Waals surface area contributed by atoms with Crippen molar-refractivity contribution in [2.24, 2.45) is 17.3 Å². The van der Waals surface area contributed by atoms with E-state index < -0.39 is 5.60 Å². The minimum atomic E-state index is -0.947. The second-order valence-corrected chi connectivity index (χ2v) is 8.21. The average molecular weight is 310 g/mol. The van der Waals surface area contributed by atoms with Gasteiger partial charge in [-0.3, -0.25) is 0 Å². The van der Waals surface area contributed by atoms with E-state index in [4.69, 9.17) is 6.42 Å². The van der Waals surface area contributed by atoms with E-state index in [1.54, 1.807) is 0 Å². The lowest BCUT2D eigenvalue weighted by Gasteiger charge is -2.52. The van der Waals surface area contributed by atoms with Crippen molar-refractivity contribution < 1.29 is 10.2 Å². The number of terminal acetylenes is 1. The average Bonchev–Trinajstić information content (AvgIpc) is 2.83. The minimum Gasteiger partial charge on any atom is -0.508 e. The first-order valence-corrected chi connectivity index (χ1v) is 8.93. The van der Waals surface area contributed by atoms with Gasteiger partial charge < -0.3 is 10.2 Å². The van der Waals surface area contributed by atoms with Crippen LogP contribution in [0.5, 0.6) is 5.75 Å². The van der Waals surface area contributed by atoms with Gasteiger partial charge in [0.15, 0.2) is 0 Å². The molecule has 2 N–H and O–H groups in total. The summed E-state index contributed by atoms with van der Waals surface area (Å²) >= 11 is 0. The second kappa shape index (κ2) is 4.77. The summed E-state index contributed by atoms with van der Waals surface area (Å²) in [5.74, 6) is 4.62. The summed E-state index contributed by atoms with van der Waals surface area (Å²) in [5.41, 5.74) is 2.74. The molecule has 3 aliphatic rings. The predicted octanol–water partition coefficient (Wildman–Crippen LogP) is 3.92. The Kier molecular flexibility index (Phi) is 3.13. The molecule has 0 spiro atoms. The zero-order valence-corrected chi connectivity index (χ0v) is 14.1. The molecule has 0 aliphatic heterocycles. The Hall–Kier alpha value is -1.46. The van der Waals surface area contributed by atoms with Crippen LogP contribution < -0.4 is 0 Å². The van der Waals surface area contributed by atoms with E-state index in [9.17, 15) is 10.2 Å². The molecule has 2 saturated carbocycles. The Bertz CT molecular complexity index is 701. The summed E-state index contributed by atoms with van der Waals surface area (Å²) in [4.78, 5) is 0. The van der Waals surface area contributed by atoms with Gasteiger partial charge in [-0.2, -0.15) is 0 Å². The van der Waals surface area contributed by atoms with E-state index in [1.165, 1.54) is 16.7 Å². The summed E-state index contributed by atoms with van der Waals surface area (Å²) in [6.45, 7) is 4.35. The number of rotatable bonds is 0. The standard InChI is InChI=1S/C21H26O2/c1-4-21(23)12-10-17-15-7-6-14-13(2)5-8-18(22)19(14)16(15)9-11-20(17,21)3/h1,5,8,15-17,22-23H,6-7,9-12H2,2-3H3/t15-,16+,17+,20+,21+/m0/s1. The van der Waals surface area contributed by atoms with E-state index in [0.717, 1.165) is 38.5 Å². The van der Waals surface area contributed by atoms with Gasteiger partial charge in [0.05, 0.1) is 0 Å². The van der Waals surface area contributed by atoms with Crippen molar-refractivity contribution in [1.29, 1.82) is 0 Å². The van der Waals surface area contributed by atoms with E-state index in [1.807, 2.05) is 12.1 Å². The van der Waals surface area contributed by atoms with Crippen LogP contribution in [0.4, 0.5) is 0 Å². The number of aliphatic hydroxyl groups is 1. The zero-order valence-electron chi connectivity index (χ0n) is 14.1. The number of phenols is 1. The van der Waals surface area contributed by atoms with Crippen molar-refractivity contribution in [2.45, 2.75) is 63.9 Å². The Labute approximate surface area is 138 Å². The first-order chi connectivity index (χ1) is 10.9. The molecular weight excluding hydrogens is 284 g/mol. The van der Waals surface area contributed by atoms with Crippen LogP contribution in [-0.2, 0) is 6.42 Å². The topological polar surface area (TPSA) is 40.5 Å². The van der Waals surface area contributed by atoms with Gasteiger partial charge in [-0.05, 0) is 80.4 Å². The summed E-state index contributed by atoms with van der Waals surface area (Å²) in [7, 11) is 0. The maximum atomic E-state index is 11.0. The number of hydrogen-bond donors (Lipinski definition) is 2. The fourth-order valence-corrected chi connectivity index (χ4v) is 6.12. The number of fused-ring (bicyclic) bond motifs is 5. The molecule has 1 aromatic rings. The monoisotopic (exact) mass is 310 g/mol. The molecule has 0 unspecified atom stereocenters. The molecule has 122 valence electrons. The van der Waals surface area contributed by atoms with Crippen molar-refractivity contribution >= 4 is 0 Å². The molecule has 0 heterocycles. The largest absolute Gasteiger partial charge is 0.508 e. The van der Waals surface area contributed by atoms with Gasteiger partial charge >= 0.3 is 0 Å². The molecule has 2 heteroatoms. The summed E-state index contributed by atoms with van der Waals surface area (Å²) < 4.78 is 0. The fourth-order valence-electron chi connectivity index (χ4n) is 6.12. The highest BCUT2D eigenvalue weighted by Crippen LogP contribution is 2.64. The zero-order chi connectivity index (χ0) is 16.4. The van der Waals surface area contributed by atoms with Gasteiger partial charge in [0.25, 0.3) is 0 Å². The lowest BCUT2D eigenvalue weighted by Crippen LogP contribution is -2.50. The fraction of sp³-hybridized carbons (Fsp3) is 0.619. The Morgan fingerprint density at radius 2 is 2.00 bits per heavy atom. The van der Waals surface area contributed by atoms with Crippen LogP contribution in [0.2, 0.25) is 0 Å². The summed E-state index contributed by atoms with van der Waals surface area (Å²) in [6.07, 6.45) is 11.6. The van der Waals surface area contributed by atoms with Gasteiger partial charge in [0.2, 0.25) is 0 Å². The maximum absolute atomic E-state index is 11.0. The number of phenolic OH excluding ortho intramolecular Hbond substituents is 1. The van der Waals surface area contributed by atoms with Crippen LogP contribution in [-0.4, -0.2) is 15.8 Å².